The van der Waals surface area contributed by atoms with Crippen LogP contribution in [0.25, 0.3) is 16.6 Å². The number of fused-ring (bicyclic) bond motifs is 1. The molecular formula is C25H25N5O2. The first kappa shape index (κ1) is 20.2. The quantitative estimate of drug-likeness (QED) is 0.521. The summed E-state index contributed by atoms with van der Waals surface area (Å²) < 4.78 is 2.95. The Morgan fingerprint density at radius 2 is 1.91 bits per heavy atom. The molecule has 0 radical (unpaired) electrons. The summed E-state index contributed by atoms with van der Waals surface area (Å²) in [6.45, 7) is 5.90. The first-order valence-corrected chi connectivity index (χ1v) is 10.8. The van der Waals surface area contributed by atoms with Crippen LogP contribution in [0.3, 0.4) is 0 Å². The first-order valence-electron chi connectivity index (χ1n) is 10.8. The Labute approximate surface area is 185 Å². The molecule has 1 aliphatic rings. The van der Waals surface area contributed by atoms with Gasteiger partial charge in [-0.25, -0.2) is 9.36 Å². The molecule has 162 valence electrons. The molecule has 32 heavy (non-hydrogen) atoms. The van der Waals surface area contributed by atoms with Crippen molar-refractivity contribution in [3.63, 3.8) is 0 Å². The van der Waals surface area contributed by atoms with Crippen molar-refractivity contribution >= 4 is 22.5 Å². The number of amides is 1. The lowest BCUT2D eigenvalue weighted by Gasteiger charge is -2.11. The molecule has 0 bridgehead atoms. The summed E-state index contributed by atoms with van der Waals surface area (Å²) >= 11 is 0. The van der Waals surface area contributed by atoms with E-state index in [1.807, 2.05) is 56.3 Å². The van der Waals surface area contributed by atoms with E-state index in [0.29, 0.717) is 17.1 Å². The molecule has 1 saturated carbocycles. The number of hydrogen-bond donors (Lipinski definition) is 1. The summed E-state index contributed by atoms with van der Waals surface area (Å²) in [6, 6.07) is 13.6. The summed E-state index contributed by atoms with van der Waals surface area (Å²) in [7, 11) is 0. The zero-order valence-electron chi connectivity index (χ0n) is 18.4. The molecule has 1 amide bonds. The van der Waals surface area contributed by atoms with Gasteiger partial charge in [-0.05, 0) is 74.6 Å². The summed E-state index contributed by atoms with van der Waals surface area (Å²) in [5, 5.41) is 12.8. The molecule has 5 rings (SSSR count). The van der Waals surface area contributed by atoms with Crippen LogP contribution >= 0.6 is 0 Å². The van der Waals surface area contributed by atoms with Gasteiger partial charge in [-0.2, -0.15) is 10.2 Å². The molecule has 2 heterocycles. The van der Waals surface area contributed by atoms with Gasteiger partial charge >= 0.3 is 0 Å². The number of nitrogens with zero attached hydrogens (tertiary/aromatic N) is 4. The smallest absolute Gasteiger partial charge is 0.293 e. The minimum atomic E-state index is -0.320. The van der Waals surface area contributed by atoms with E-state index >= 15 is 0 Å². The van der Waals surface area contributed by atoms with Crippen molar-refractivity contribution in [3.05, 3.63) is 81.4 Å². The van der Waals surface area contributed by atoms with Crippen molar-refractivity contribution in [3.8, 4) is 5.69 Å². The third kappa shape index (κ3) is 3.70. The molecule has 1 N–H and O–H groups in total. The zero-order chi connectivity index (χ0) is 22.4. The number of aromatic nitrogens is 4. The summed E-state index contributed by atoms with van der Waals surface area (Å²) in [6.07, 6.45) is 3.79. The van der Waals surface area contributed by atoms with Gasteiger partial charge in [0, 0.05) is 17.0 Å². The Hall–Kier alpha value is -3.74. The highest BCUT2D eigenvalue weighted by Gasteiger charge is 2.30. The van der Waals surface area contributed by atoms with Crippen LogP contribution < -0.4 is 10.9 Å². The molecule has 2 aromatic carbocycles. The monoisotopic (exact) mass is 427 g/mol. The molecule has 1 fully saturated rings. The van der Waals surface area contributed by atoms with Crippen LogP contribution in [0, 0.1) is 20.8 Å². The second kappa shape index (κ2) is 7.75. The van der Waals surface area contributed by atoms with Gasteiger partial charge in [0.2, 0.25) is 5.91 Å². The fraction of sp³-hybridized carbons (Fsp3) is 0.280. The maximum atomic E-state index is 13.4. The van der Waals surface area contributed by atoms with Crippen LogP contribution in [0.2, 0.25) is 0 Å². The number of rotatable bonds is 5. The molecule has 2 aromatic heterocycles. The Bertz CT molecular complexity index is 1410. The van der Waals surface area contributed by atoms with Crippen molar-refractivity contribution in [1.82, 2.24) is 19.6 Å². The van der Waals surface area contributed by atoms with Crippen molar-refractivity contribution in [2.45, 2.75) is 46.1 Å². The van der Waals surface area contributed by atoms with Crippen LogP contribution in [-0.2, 0) is 11.3 Å². The normalized spacial score (nSPS) is 13.5. The third-order valence-corrected chi connectivity index (χ3v) is 6.00. The van der Waals surface area contributed by atoms with E-state index in [2.05, 4.69) is 22.4 Å². The molecule has 0 saturated heterocycles. The highest BCUT2D eigenvalue weighted by molar-refractivity contribution is 5.91. The van der Waals surface area contributed by atoms with Crippen LogP contribution in [-0.4, -0.2) is 25.5 Å². The lowest BCUT2D eigenvalue weighted by Crippen LogP contribution is -2.31. The summed E-state index contributed by atoms with van der Waals surface area (Å²) in [5.41, 5.74) is 5.87. The molecule has 0 unspecified atom stereocenters. The minimum absolute atomic E-state index is 0.152. The maximum absolute atomic E-state index is 13.4. The molecular weight excluding hydrogens is 402 g/mol. The SMILES string of the molecule is Cc1cccc(NC(=O)Cn2nc(C3CC3)c3cnn(-c4ccc(C)c(C)c4)c3c2=O)c1. The van der Waals surface area contributed by atoms with Gasteiger partial charge in [0.1, 0.15) is 12.1 Å². The average molecular weight is 428 g/mol. The van der Waals surface area contributed by atoms with Crippen LogP contribution in [0.15, 0.2) is 53.5 Å². The number of hydrogen-bond acceptors (Lipinski definition) is 4. The van der Waals surface area contributed by atoms with E-state index < -0.39 is 0 Å². The Balaban J connectivity index is 1.57. The predicted molar refractivity (Wildman–Crippen MR) is 124 cm³/mol. The number of benzene rings is 2. The summed E-state index contributed by atoms with van der Waals surface area (Å²) in [5.74, 6) is 0.0186. The second-order valence-electron chi connectivity index (χ2n) is 8.63. The van der Waals surface area contributed by atoms with E-state index in [0.717, 1.165) is 40.7 Å². The van der Waals surface area contributed by atoms with E-state index in [9.17, 15) is 9.59 Å². The molecule has 1 aliphatic carbocycles. The fourth-order valence-corrected chi connectivity index (χ4v) is 3.97. The fourth-order valence-electron chi connectivity index (χ4n) is 3.97. The zero-order valence-corrected chi connectivity index (χ0v) is 18.4. The first-order chi connectivity index (χ1) is 15.4. The number of aryl methyl sites for hydroxylation is 3. The average Bonchev–Trinajstić information content (AvgIpc) is 3.50. The van der Waals surface area contributed by atoms with E-state index in [1.54, 1.807) is 10.9 Å². The van der Waals surface area contributed by atoms with Gasteiger partial charge < -0.3 is 5.32 Å². The van der Waals surface area contributed by atoms with Gasteiger partial charge in [0.05, 0.1) is 17.6 Å². The molecule has 0 aliphatic heterocycles. The van der Waals surface area contributed by atoms with Crippen LogP contribution in [0.4, 0.5) is 5.69 Å². The largest absolute Gasteiger partial charge is 0.324 e. The van der Waals surface area contributed by atoms with Gasteiger partial charge in [0.25, 0.3) is 5.56 Å². The van der Waals surface area contributed by atoms with Crippen LogP contribution in [0.1, 0.15) is 41.1 Å². The number of carbonyl (C=O) groups excluding carboxylic acids is 1. The highest BCUT2D eigenvalue weighted by Crippen LogP contribution is 2.41. The van der Waals surface area contributed by atoms with Gasteiger partial charge in [-0.1, -0.05) is 18.2 Å². The molecule has 4 aromatic rings. The Morgan fingerprint density at radius 3 is 2.62 bits per heavy atom. The Kier molecular flexibility index (Phi) is 4.89. The maximum Gasteiger partial charge on any atom is 0.293 e. The molecule has 0 atom stereocenters. The third-order valence-electron chi connectivity index (χ3n) is 6.00. The number of nitrogens with one attached hydrogen (secondary N) is 1. The molecule has 7 nitrogen and oxygen atoms in total. The minimum Gasteiger partial charge on any atom is -0.324 e. The number of anilines is 1. The summed E-state index contributed by atoms with van der Waals surface area (Å²) in [4.78, 5) is 26.2. The molecule has 0 spiro atoms. The lowest BCUT2D eigenvalue weighted by atomic mass is 10.1. The van der Waals surface area contributed by atoms with Gasteiger partial charge in [-0.3, -0.25) is 9.59 Å². The van der Waals surface area contributed by atoms with E-state index in [1.165, 1.54) is 10.2 Å². The van der Waals surface area contributed by atoms with Crippen molar-refractivity contribution < 1.29 is 4.79 Å². The van der Waals surface area contributed by atoms with Gasteiger partial charge in [-0.15, -0.1) is 0 Å². The highest BCUT2D eigenvalue weighted by atomic mass is 16.2. The van der Waals surface area contributed by atoms with Gasteiger partial charge in [0.15, 0.2) is 0 Å². The predicted octanol–water partition coefficient (Wildman–Crippen LogP) is 4.02. The topological polar surface area (TPSA) is 81.8 Å². The van der Waals surface area contributed by atoms with E-state index in [4.69, 9.17) is 0 Å². The van der Waals surface area contributed by atoms with Crippen molar-refractivity contribution in [1.29, 1.82) is 0 Å². The standard InChI is InChI=1S/C25H25N5O2/c1-15-5-4-6-19(11-15)27-22(31)14-29-25(32)24-21(23(28-29)18-8-9-18)13-26-30(24)20-10-7-16(2)17(3)12-20/h4-7,10-13,18H,8-9,14H2,1-3H3,(H,27,31). The van der Waals surface area contributed by atoms with Crippen molar-refractivity contribution in [2.24, 2.45) is 0 Å². The number of carbonyl (C=O) groups is 1. The Morgan fingerprint density at radius 1 is 1.09 bits per heavy atom. The van der Waals surface area contributed by atoms with Crippen LogP contribution in [0.5, 0.6) is 0 Å². The molecule has 7 heteroatoms. The van der Waals surface area contributed by atoms with Crippen molar-refractivity contribution in [2.75, 3.05) is 5.32 Å². The van der Waals surface area contributed by atoms with E-state index in [-0.39, 0.29) is 18.0 Å². The lowest BCUT2D eigenvalue weighted by molar-refractivity contribution is -0.117. The second-order valence-corrected chi connectivity index (χ2v) is 8.63.